The fraction of sp³-hybridized carbons (Fsp3) is 0.364. The molecule has 1 unspecified atom stereocenters. The van der Waals surface area contributed by atoms with Crippen LogP contribution >= 0.6 is 0 Å². The highest BCUT2D eigenvalue weighted by Crippen LogP contribution is 2.20. The number of nitrogens with zero attached hydrogens (tertiary/aromatic N) is 3. The molecular weight excluding hydrogens is 188 g/mol. The standard InChI is InChI=1S/C11H12N4/c1-3-12-5-8(1)10-7-14-9-2-4-13-6-11(9)15-10/h2,4,6-8,12H,1,3,5H2. The van der Waals surface area contributed by atoms with E-state index in [4.69, 9.17) is 0 Å². The lowest BCUT2D eigenvalue weighted by Crippen LogP contribution is -2.09. The van der Waals surface area contributed by atoms with Crippen molar-refractivity contribution in [2.24, 2.45) is 0 Å². The van der Waals surface area contributed by atoms with Crippen LogP contribution in [0.25, 0.3) is 11.0 Å². The third-order valence-electron chi connectivity index (χ3n) is 2.84. The van der Waals surface area contributed by atoms with Crippen LogP contribution in [0.1, 0.15) is 18.0 Å². The molecule has 1 aliphatic rings. The molecule has 3 heterocycles. The van der Waals surface area contributed by atoms with Crippen molar-refractivity contribution in [3.8, 4) is 0 Å². The summed E-state index contributed by atoms with van der Waals surface area (Å²) < 4.78 is 0. The smallest absolute Gasteiger partial charge is 0.107 e. The highest BCUT2D eigenvalue weighted by Gasteiger charge is 2.18. The Morgan fingerprint density at radius 1 is 1.27 bits per heavy atom. The van der Waals surface area contributed by atoms with Crippen LogP contribution in [0.2, 0.25) is 0 Å². The van der Waals surface area contributed by atoms with Gasteiger partial charge in [0.2, 0.25) is 0 Å². The maximum atomic E-state index is 4.59. The van der Waals surface area contributed by atoms with Crippen molar-refractivity contribution in [2.75, 3.05) is 13.1 Å². The molecule has 0 amide bonds. The minimum atomic E-state index is 0.516. The molecule has 15 heavy (non-hydrogen) atoms. The monoisotopic (exact) mass is 200 g/mol. The van der Waals surface area contributed by atoms with E-state index >= 15 is 0 Å². The summed E-state index contributed by atoms with van der Waals surface area (Å²) in [7, 11) is 0. The number of rotatable bonds is 1. The van der Waals surface area contributed by atoms with Crippen molar-refractivity contribution < 1.29 is 0 Å². The molecule has 0 bridgehead atoms. The van der Waals surface area contributed by atoms with Gasteiger partial charge >= 0.3 is 0 Å². The van der Waals surface area contributed by atoms with Gasteiger partial charge in [0.1, 0.15) is 5.52 Å². The van der Waals surface area contributed by atoms with E-state index in [1.165, 1.54) is 0 Å². The summed E-state index contributed by atoms with van der Waals surface area (Å²) >= 11 is 0. The fourth-order valence-corrected chi connectivity index (χ4v) is 1.98. The zero-order valence-electron chi connectivity index (χ0n) is 8.35. The highest BCUT2D eigenvalue weighted by molar-refractivity contribution is 5.72. The molecule has 1 fully saturated rings. The zero-order valence-corrected chi connectivity index (χ0v) is 8.35. The molecular formula is C11H12N4. The van der Waals surface area contributed by atoms with E-state index in [9.17, 15) is 0 Å². The van der Waals surface area contributed by atoms with E-state index in [1.54, 1.807) is 12.4 Å². The second kappa shape index (κ2) is 3.55. The Bertz CT molecular complexity index is 477. The van der Waals surface area contributed by atoms with E-state index in [1.807, 2.05) is 12.3 Å². The molecule has 3 rings (SSSR count). The van der Waals surface area contributed by atoms with Crippen molar-refractivity contribution in [3.63, 3.8) is 0 Å². The number of hydrogen-bond acceptors (Lipinski definition) is 4. The van der Waals surface area contributed by atoms with Crippen LogP contribution in [0, 0.1) is 0 Å². The van der Waals surface area contributed by atoms with Gasteiger partial charge in [-0.25, -0.2) is 4.98 Å². The lowest BCUT2D eigenvalue weighted by molar-refractivity contribution is 0.734. The first kappa shape index (κ1) is 8.73. The minimum absolute atomic E-state index is 0.516. The molecule has 0 radical (unpaired) electrons. The SMILES string of the molecule is c1cc2ncc(C3CCNC3)nc2cn1. The van der Waals surface area contributed by atoms with Crippen molar-refractivity contribution in [1.82, 2.24) is 20.3 Å². The number of fused-ring (bicyclic) bond motifs is 1. The highest BCUT2D eigenvalue weighted by atomic mass is 14.9. The summed E-state index contributed by atoms with van der Waals surface area (Å²) in [6.07, 6.45) is 6.56. The normalized spacial score (nSPS) is 20.9. The molecule has 1 N–H and O–H groups in total. The third-order valence-corrected chi connectivity index (χ3v) is 2.84. The first-order chi connectivity index (χ1) is 7.43. The summed E-state index contributed by atoms with van der Waals surface area (Å²) in [6.45, 7) is 2.10. The average molecular weight is 200 g/mol. The molecule has 2 aromatic rings. The van der Waals surface area contributed by atoms with Gasteiger partial charge in [-0.15, -0.1) is 0 Å². The summed E-state index contributed by atoms with van der Waals surface area (Å²) in [5.41, 5.74) is 2.89. The fourth-order valence-electron chi connectivity index (χ4n) is 1.98. The Labute approximate surface area is 87.8 Å². The second-order valence-corrected chi connectivity index (χ2v) is 3.85. The largest absolute Gasteiger partial charge is 0.316 e. The van der Waals surface area contributed by atoms with E-state index in [2.05, 4.69) is 20.3 Å². The van der Waals surface area contributed by atoms with Gasteiger partial charge in [-0.3, -0.25) is 9.97 Å². The predicted molar refractivity (Wildman–Crippen MR) is 57.6 cm³/mol. The van der Waals surface area contributed by atoms with Gasteiger partial charge in [-0.1, -0.05) is 0 Å². The molecule has 2 aromatic heterocycles. The topological polar surface area (TPSA) is 50.7 Å². The van der Waals surface area contributed by atoms with Crippen LogP contribution < -0.4 is 5.32 Å². The maximum absolute atomic E-state index is 4.59. The Kier molecular flexibility index (Phi) is 2.07. The Hall–Kier alpha value is -1.55. The molecule has 0 saturated carbocycles. The van der Waals surface area contributed by atoms with Crippen LogP contribution in [0.4, 0.5) is 0 Å². The van der Waals surface area contributed by atoms with Gasteiger partial charge in [0.25, 0.3) is 0 Å². The van der Waals surface area contributed by atoms with Gasteiger partial charge in [0, 0.05) is 24.9 Å². The van der Waals surface area contributed by atoms with Crippen LogP contribution in [0.5, 0.6) is 0 Å². The molecule has 0 aliphatic carbocycles. The third kappa shape index (κ3) is 1.57. The van der Waals surface area contributed by atoms with Crippen LogP contribution in [-0.4, -0.2) is 28.0 Å². The summed E-state index contributed by atoms with van der Waals surface area (Å²) in [6, 6.07) is 1.89. The summed E-state index contributed by atoms with van der Waals surface area (Å²) in [5.74, 6) is 0.516. The van der Waals surface area contributed by atoms with E-state index in [0.717, 1.165) is 36.2 Å². The van der Waals surface area contributed by atoms with Crippen LogP contribution in [-0.2, 0) is 0 Å². The van der Waals surface area contributed by atoms with Gasteiger partial charge < -0.3 is 5.32 Å². The van der Waals surface area contributed by atoms with Crippen molar-refractivity contribution >= 4 is 11.0 Å². The second-order valence-electron chi connectivity index (χ2n) is 3.85. The summed E-state index contributed by atoms with van der Waals surface area (Å²) in [5, 5.41) is 3.34. The number of pyridine rings is 1. The average Bonchev–Trinajstić information content (AvgIpc) is 2.82. The lowest BCUT2D eigenvalue weighted by Gasteiger charge is -2.07. The van der Waals surface area contributed by atoms with Gasteiger partial charge in [-0.05, 0) is 19.0 Å². The summed E-state index contributed by atoms with van der Waals surface area (Å²) in [4.78, 5) is 13.1. The number of hydrogen-bond donors (Lipinski definition) is 1. The van der Waals surface area contributed by atoms with E-state index in [0.29, 0.717) is 5.92 Å². The Balaban J connectivity index is 2.05. The zero-order chi connectivity index (χ0) is 10.1. The quantitative estimate of drug-likeness (QED) is 0.749. The number of nitrogens with one attached hydrogen (secondary N) is 1. The molecule has 4 heteroatoms. The van der Waals surface area contributed by atoms with Crippen molar-refractivity contribution in [2.45, 2.75) is 12.3 Å². The van der Waals surface area contributed by atoms with Crippen molar-refractivity contribution in [1.29, 1.82) is 0 Å². The molecule has 1 atom stereocenters. The first-order valence-electron chi connectivity index (χ1n) is 5.21. The molecule has 0 spiro atoms. The minimum Gasteiger partial charge on any atom is -0.316 e. The molecule has 0 aromatic carbocycles. The van der Waals surface area contributed by atoms with Crippen molar-refractivity contribution in [3.05, 3.63) is 30.4 Å². The first-order valence-corrected chi connectivity index (χ1v) is 5.21. The number of aromatic nitrogens is 3. The molecule has 76 valence electrons. The van der Waals surface area contributed by atoms with E-state index < -0.39 is 0 Å². The Morgan fingerprint density at radius 3 is 3.13 bits per heavy atom. The molecule has 1 aliphatic heterocycles. The lowest BCUT2D eigenvalue weighted by atomic mass is 10.1. The molecule has 4 nitrogen and oxygen atoms in total. The van der Waals surface area contributed by atoms with Crippen LogP contribution in [0.3, 0.4) is 0 Å². The van der Waals surface area contributed by atoms with Gasteiger partial charge in [0.05, 0.1) is 17.4 Å². The maximum Gasteiger partial charge on any atom is 0.107 e. The van der Waals surface area contributed by atoms with Gasteiger partial charge in [-0.2, -0.15) is 0 Å². The molecule has 1 saturated heterocycles. The van der Waals surface area contributed by atoms with E-state index in [-0.39, 0.29) is 0 Å². The Morgan fingerprint density at radius 2 is 2.27 bits per heavy atom. The predicted octanol–water partition coefficient (Wildman–Crippen LogP) is 1.10. The van der Waals surface area contributed by atoms with Gasteiger partial charge in [0.15, 0.2) is 0 Å². The van der Waals surface area contributed by atoms with Crippen LogP contribution in [0.15, 0.2) is 24.7 Å².